The first kappa shape index (κ1) is 16.4. The SMILES string of the molecule is Cl.O=C(Cn1nnc(-c2ccccc2)n1)NCC1CCCN1. The largest absolute Gasteiger partial charge is 0.353 e. The lowest BCUT2D eigenvalue weighted by molar-refractivity contribution is -0.122. The second-order valence-electron chi connectivity index (χ2n) is 5.11. The lowest BCUT2D eigenvalue weighted by Crippen LogP contribution is -2.38. The van der Waals surface area contributed by atoms with Crippen molar-refractivity contribution < 1.29 is 4.79 Å². The Morgan fingerprint density at radius 3 is 2.91 bits per heavy atom. The third kappa shape index (κ3) is 4.25. The van der Waals surface area contributed by atoms with E-state index in [1.54, 1.807) is 0 Å². The Labute approximate surface area is 134 Å². The van der Waals surface area contributed by atoms with Gasteiger partial charge < -0.3 is 10.6 Å². The maximum absolute atomic E-state index is 11.8. The third-order valence-corrected chi connectivity index (χ3v) is 3.48. The Hall–Kier alpha value is -1.99. The van der Waals surface area contributed by atoms with E-state index in [2.05, 4.69) is 26.0 Å². The van der Waals surface area contributed by atoms with E-state index in [0.29, 0.717) is 18.4 Å². The van der Waals surface area contributed by atoms with E-state index in [1.165, 1.54) is 11.2 Å². The quantitative estimate of drug-likeness (QED) is 0.843. The number of carbonyl (C=O) groups excluding carboxylic acids is 1. The fourth-order valence-corrected chi connectivity index (χ4v) is 2.37. The zero-order chi connectivity index (χ0) is 14.5. The molecule has 0 bridgehead atoms. The number of carbonyl (C=O) groups is 1. The monoisotopic (exact) mass is 322 g/mol. The Bertz CT molecular complexity index is 596. The van der Waals surface area contributed by atoms with E-state index >= 15 is 0 Å². The molecule has 1 aliphatic heterocycles. The maximum Gasteiger partial charge on any atom is 0.243 e. The smallest absolute Gasteiger partial charge is 0.243 e. The number of halogens is 1. The summed E-state index contributed by atoms with van der Waals surface area (Å²) < 4.78 is 0. The van der Waals surface area contributed by atoms with Gasteiger partial charge in [0, 0.05) is 18.2 Å². The van der Waals surface area contributed by atoms with Gasteiger partial charge in [-0.15, -0.1) is 22.6 Å². The average Bonchev–Trinajstić information content (AvgIpc) is 3.17. The number of nitrogens with zero attached hydrogens (tertiary/aromatic N) is 4. The van der Waals surface area contributed by atoms with E-state index in [0.717, 1.165) is 18.5 Å². The number of aromatic nitrogens is 4. The molecule has 1 aromatic heterocycles. The van der Waals surface area contributed by atoms with Gasteiger partial charge in [0.05, 0.1) is 0 Å². The molecule has 2 N–H and O–H groups in total. The lowest BCUT2D eigenvalue weighted by atomic mass is 10.2. The first-order valence-electron chi connectivity index (χ1n) is 7.14. The van der Waals surface area contributed by atoms with Crippen LogP contribution in [-0.2, 0) is 11.3 Å². The van der Waals surface area contributed by atoms with Crippen LogP contribution >= 0.6 is 12.4 Å². The molecule has 1 aliphatic rings. The van der Waals surface area contributed by atoms with Crippen LogP contribution in [0, 0.1) is 0 Å². The number of rotatable bonds is 5. The number of benzene rings is 1. The first-order chi connectivity index (χ1) is 10.3. The number of tetrazole rings is 1. The zero-order valence-electron chi connectivity index (χ0n) is 12.1. The highest BCUT2D eigenvalue weighted by Gasteiger charge is 2.15. The fraction of sp³-hybridized carbons (Fsp3) is 0.429. The van der Waals surface area contributed by atoms with Crippen molar-refractivity contribution in [3.05, 3.63) is 30.3 Å². The molecule has 2 heterocycles. The highest BCUT2D eigenvalue weighted by atomic mass is 35.5. The van der Waals surface area contributed by atoms with Crippen molar-refractivity contribution in [3.8, 4) is 11.4 Å². The van der Waals surface area contributed by atoms with Crippen LogP contribution in [0.3, 0.4) is 0 Å². The molecule has 22 heavy (non-hydrogen) atoms. The Kier molecular flexibility index (Phi) is 5.85. The summed E-state index contributed by atoms with van der Waals surface area (Å²) in [6.45, 7) is 1.78. The van der Waals surface area contributed by atoms with Gasteiger partial charge in [0.1, 0.15) is 6.54 Å². The third-order valence-electron chi connectivity index (χ3n) is 3.48. The first-order valence-corrected chi connectivity index (χ1v) is 7.14. The molecular weight excluding hydrogens is 304 g/mol. The van der Waals surface area contributed by atoms with Crippen molar-refractivity contribution in [1.82, 2.24) is 30.8 Å². The summed E-state index contributed by atoms with van der Waals surface area (Å²) in [7, 11) is 0. The van der Waals surface area contributed by atoms with Gasteiger partial charge in [0.25, 0.3) is 0 Å². The van der Waals surface area contributed by atoms with Gasteiger partial charge in [-0.05, 0) is 24.6 Å². The summed E-state index contributed by atoms with van der Waals surface area (Å²) in [5, 5.41) is 18.3. The molecule has 0 aliphatic carbocycles. The maximum atomic E-state index is 11.8. The Morgan fingerprint density at radius 1 is 1.36 bits per heavy atom. The number of amides is 1. The van der Waals surface area contributed by atoms with Crippen molar-refractivity contribution in [2.75, 3.05) is 13.1 Å². The number of nitrogens with one attached hydrogen (secondary N) is 2. The van der Waals surface area contributed by atoms with Gasteiger partial charge in [-0.3, -0.25) is 4.79 Å². The molecule has 1 fully saturated rings. The topological polar surface area (TPSA) is 84.7 Å². The second-order valence-corrected chi connectivity index (χ2v) is 5.11. The van der Waals surface area contributed by atoms with Crippen LogP contribution in [0.1, 0.15) is 12.8 Å². The summed E-state index contributed by atoms with van der Waals surface area (Å²) in [5.74, 6) is 0.432. The van der Waals surface area contributed by atoms with Gasteiger partial charge in [0.2, 0.25) is 11.7 Å². The molecule has 0 spiro atoms. The van der Waals surface area contributed by atoms with Crippen LogP contribution in [0.25, 0.3) is 11.4 Å². The van der Waals surface area contributed by atoms with Crippen LogP contribution in [-0.4, -0.2) is 45.2 Å². The standard InChI is InChI=1S/C14H18N6O.ClH/c21-13(16-9-12-7-4-8-15-12)10-20-18-14(17-19-20)11-5-2-1-3-6-11;/h1-3,5-6,12,15H,4,7-10H2,(H,16,21);1H. The predicted molar refractivity (Wildman–Crippen MR) is 84.5 cm³/mol. The summed E-state index contributed by atoms with van der Waals surface area (Å²) in [4.78, 5) is 13.2. The van der Waals surface area contributed by atoms with Crippen LogP contribution in [0.2, 0.25) is 0 Å². The van der Waals surface area contributed by atoms with Gasteiger partial charge in [-0.25, -0.2) is 0 Å². The fourth-order valence-electron chi connectivity index (χ4n) is 2.37. The normalized spacial score (nSPS) is 17.0. The van der Waals surface area contributed by atoms with Gasteiger partial charge >= 0.3 is 0 Å². The van der Waals surface area contributed by atoms with E-state index in [-0.39, 0.29) is 24.9 Å². The molecule has 1 unspecified atom stereocenters. The predicted octanol–water partition coefficient (Wildman–Crippen LogP) is 0.630. The molecule has 2 aromatic rings. The van der Waals surface area contributed by atoms with Crippen molar-refractivity contribution >= 4 is 18.3 Å². The number of hydrogen-bond acceptors (Lipinski definition) is 5. The van der Waals surface area contributed by atoms with Crippen LogP contribution in [0.15, 0.2) is 30.3 Å². The zero-order valence-corrected chi connectivity index (χ0v) is 12.9. The summed E-state index contributed by atoms with van der Waals surface area (Å²) in [6, 6.07) is 9.96. The van der Waals surface area contributed by atoms with Crippen LogP contribution in [0.4, 0.5) is 0 Å². The molecule has 0 radical (unpaired) electrons. The molecule has 1 aromatic carbocycles. The number of hydrogen-bond donors (Lipinski definition) is 2. The minimum atomic E-state index is -0.0966. The molecular formula is C14H19ClN6O. The summed E-state index contributed by atoms with van der Waals surface area (Å²) >= 11 is 0. The Balaban J connectivity index is 0.00000176. The van der Waals surface area contributed by atoms with E-state index < -0.39 is 0 Å². The molecule has 0 saturated carbocycles. The molecule has 1 atom stereocenters. The van der Waals surface area contributed by atoms with Gasteiger partial charge in [-0.2, -0.15) is 4.80 Å². The minimum Gasteiger partial charge on any atom is -0.353 e. The van der Waals surface area contributed by atoms with Crippen LogP contribution in [0.5, 0.6) is 0 Å². The highest BCUT2D eigenvalue weighted by Crippen LogP contribution is 2.11. The molecule has 8 heteroatoms. The van der Waals surface area contributed by atoms with Crippen LogP contribution < -0.4 is 10.6 Å². The van der Waals surface area contributed by atoms with E-state index in [9.17, 15) is 4.79 Å². The minimum absolute atomic E-state index is 0. The van der Waals surface area contributed by atoms with Gasteiger partial charge in [0.15, 0.2) is 0 Å². The molecule has 1 saturated heterocycles. The van der Waals surface area contributed by atoms with Crippen molar-refractivity contribution in [2.24, 2.45) is 0 Å². The Morgan fingerprint density at radius 2 is 2.18 bits per heavy atom. The highest BCUT2D eigenvalue weighted by molar-refractivity contribution is 5.85. The van der Waals surface area contributed by atoms with Crippen molar-refractivity contribution in [2.45, 2.75) is 25.4 Å². The van der Waals surface area contributed by atoms with Crippen molar-refractivity contribution in [3.63, 3.8) is 0 Å². The van der Waals surface area contributed by atoms with E-state index in [4.69, 9.17) is 0 Å². The molecule has 118 valence electrons. The molecule has 7 nitrogen and oxygen atoms in total. The molecule has 3 rings (SSSR count). The van der Waals surface area contributed by atoms with E-state index in [1.807, 2.05) is 30.3 Å². The lowest BCUT2D eigenvalue weighted by Gasteiger charge is -2.10. The second kappa shape index (κ2) is 7.86. The van der Waals surface area contributed by atoms with Crippen molar-refractivity contribution in [1.29, 1.82) is 0 Å². The van der Waals surface area contributed by atoms with Gasteiger partial charge in [-0.1, -0.05) is 30.3 Å². The average molecular weight is 323 g/mol. The molecule has 1 amide bonds. The summed E-state index contributed by atoms with van der Waals surface area (Å²) in [5.41, 5.74) is 0.888. The summed E-state index contributed by atoms with van der Waals surface area (Å²) in [6.07, 6.45) is 2.28.